The number of aromatic nitrogens is 1. The molecule has 1 unspecified atom stereocenters. The van der Waals surface area contributed by atoms with Crippen molar-refractivity contribution in [2.24, 2.45) is 0 Å². The maximum atomic E-state index is 13.8. The quantitative estimate of drug-likeness (QED) is 0.237. The van der Waals surface area contributed by atoms with Gasteiger partial charge in [-0.15, -0.1) is 0 Å². The van der Waals surface area contributed by atoms with E-state index in [1.165, 1.54) is 4.31 Å². The van der Waals surface area contributed by atoms with Crippen LogP contribution < -0.4 is 4.31 Å². The molecule has 37 heavy (non-hydrogen) atoms. The van der Waals surface area contributed by atoms with Crippen LogP contribution in [0.3, 0.4) is 0 Å². The Labute approximate surface area is 226 Å². The number of hydrogen-bond donors (Lipinski definition) is 1. The number of aryl methyl sites for hydroxylation is 2. The second kappa shape index (κ2) is 10.0. The molecule has 1 N–H and O–H groups in total. The summed E-state index contributed by atoms with van der Waals surface area (Å²) in [4.78, 5) is 0.176. The van der Waals surface area contributed by atoms with E-state index in [0.29, 0.717) is 15.7 Å². The first-order chi connectivity index (χ1) is 17.6. The summed E-state index contributed by atoms with van der Waals surface area (Å²) in [5, 5.41) is 14.4. The zero-order valence-corrected chi connectivity index (χ0v) is 22.7. The van der Waals surface area contributed by atoms with Crippen molar-refractivity contribution >= 4 is 60.7 Å². The summed E-state index contributed by atoms with van der Waals surface area (Å²) < 4.78 is 30.9. The fraction of sp³-hybridized carbons (Fsp3) is 0.172. The zero-order chi connectivity index (χ0) is 26.3. The summed E-state index contributed by atoms with van der Waals surface area (Å²) in [5.74, 6) is 0. The Morgan fingerprint density at radius 1 is 0.838 bits per heavy atom. The van der Waals surface area contributed by atoms with Gasteiger partial charge in [-0.1, -0.05) is 59.1 Å². The van der Waals surface area contributed by atoms with Gasteiger partial charge in [-0.05, 0) is 74.0 Å². The first kappa shape index (κ1) is 25.6. The number of fused-ring (bicyclic) bond motifs is 3. The summed E-state index contributed by atoms with van der Waals surface area (Å²) in [6.07, 6.45) is -1.01. The van der Waals surface area contributed by atoms with Crippen molar-refractivity contribution in [1.82, 2.24) is 4.57 Å². The lowest BCUT2D eigenvalue weighted by atomic mass is 10.1. The molecule has 0 aliphatic rings. The van der Waals surface area contributed by atoms with Gasteiger partial charge in [0.25, 0.3) is 10.0 Å². The summed E-state index contributed by atoms with van der Waals surface area (Å²) >= 11 is 12.6. The number of benzene rings is 4. The fourth-order valence-corrected chi connectivity index (χ4v) is 6.62. The molecule has 0 aliphatic carbocycles. The van der Waals surface area contributed by atoms with Crippen LogP contribution in [0.2, 0.25) is 10.0 Å². The molecule has 0 bridgehead atoms. The van der Waals surface area contributed by atoms with Gasteiger partial charge < -0.3 is 9.67 Å². The number of para-hydroxylation sites is 1. The minimum absolute atomic E-state index is 0.122. The lowest BCUT2D eigenvalue weighted by Gasteiger charge is -2.28. The highest BCUT2D eigenvalue weighted by atomic mass is 35.5. The van der Waals surface area contributed by atoms with Crippen LogP contribution in [-0.4, -0.2) is 30.7 Å². The number of nitrogens with zero attached hydrogens (tertiary/aromatic N) is 2. The van der Waals surface area contributed by atoms with E-state index in [4.69, 9.17) is 23.2 Å². The van der Waals surface area contributed by atoms with Gasteiger partial charge in [-0.3, -0.25) is 4.31 Å². The highest BCUT2D eigenvalue weighted by Crippen LogP contribution is 2.34. The Balaban J connectivity index is 1.56. The molecular formula is C29H26Cl2N2O3S. The number of halogens is 2. The van der Waals surface area contributed by atoms with E-state index in [0.717, 1.165) is 32.9 Å². The van der Waals surface area contributed by atoms with Crippen LogP contribution in [0.25, 0.3) is 21.8 Å². The molecule has 5 aromatic rings. The highest BCUT2D eigenvalue weighted by Gasteiger charge is 2.28. The smallest absolute Gasteiger partial charge is 0.264 e. The molecule has 5 rings (SSSR count). The van der Waals surface area contributed by atoms with Crippen LogP contribution in [0.1, 0.15) is 11.1 Å². The normalized spacial score (nSPS) is 12.8. The summed E-state index contributed by atoms with van der Waals surface area (Å²) in [6.45, 7) is 3.82. The highest BCUT2D eigenvalue weighted by molar-refractivity contribution is 7.92. The maximum Gasteiger partial charge on any atom is 0.264 e. The summed E-state index contributed by atoms with van der Waals surface area (Å²) in [6, 6.07) is 25.2. The van der Waals surface area contributed by atoms with E-state index in [2.05, 4.69) is 0 Å². The second-order valence-corrected chi connectivity index (χ2v) is 12.0. The van der Waals surface area contributed by atoms with Gasteiger partial charge in [0, 0.05) is 31.9 Å². The van der Waals surface area contributed by atoms with Gasteiger partial charge in [0.05, 0.1) is 29.8 Å². The molecule has 0 amide bonds. The average molecular weight is 554 g/mol. The Bertz CT molecular complexity index is 1650. The van der Waals surface area contributed by atoms with Crippen molar-refractivity contribution in [2.45, 2.75) is 31.4 Å². The molecule has 4 aromatic carbocycles. The first-order valence-corrected chi connectivity index (χ1v) is 14.0. The van der Waals surface area contributed by atoms with E-state index < -0.39 is 16.1 Å². The number of hydrogen-bond acceptors (Lipinski definition) is 3. The predicted octanol–water partition coefficient (Wildman–Crippen LogP) is 6.97. The summed E-state index contributed by atoms with van der Waals surface area (Å²) in [5.41, 5.74) is 4.05. The minimum Gasteiger partial charge on any atom is -0.389 e. The van der Waals surface area contributed by atoms with Crippen LogP contribution in [-0.2, 0) is 16.6 Å². The lowest BCUT2D eigenvalue weighted by Crippen LogP contribution is -2.39. The molecule has 0 saturated carbocycles. The number of anilines is 1. The van der Waals surface area contributed by atoms with Gasteiger partial charge in [-0.2, -0.15) is 0 Å². The van der Waals surface area contributed by atoms with Crippen LogP contribution in [0.5, 0.6) is 0 Å². The zero-order valence-electron chi connectivity index (χ0n) is 20.4. The molecule has 8 heteroatoms. The van der Waals surface area contributed by atoms with Gasteiger partial charge in [-0.25, -0.2) is 8.42 Å². The first-order valence-electron chi connectivity index (χ1n) is 11.9. The van der Waals surface area contributed by atoms with Crippen LogP contribution in [0.15, 0.2) is 89.8 Å². The molecule has 190 valence electrons. The maximum absolute atomic E-state index is 13.8. The number of aliphatic hydroxyl groups is 1. The molecule has 5 nitrogen and oxygen atoms in total. The third-order valence-electron chi connectivity index (χ3n) is 6.55. The minimum atomic E-state index is -3.93. The number of rotatable bonds is 7. The lowest BCUT2D eigenvalue weighted by molar-refractivity contribution is 0.166. The number of sulfonamides is 1. The molecule has 0 fully saturated rings. The van der Waals surface area contributed by atoms with Crippen molar-refractivity contribution in [3.63, 3.8) is 0 Å². The second-order valence-electron chi connectivity index (χ2n) is 9.22. The van der Waals surface area contributed by atoms with Gasteiger partial charge in [0.2, 0.25) is 0 Å². The molecule has 0 aliphatic heterocycles. The Morgan fingerprint density at radius 2 is 1.41 bits per heavy atom. The fourth-order valence-electron chi connectivity index (χ4n) is 4.71. The van der Waals surface area contributed by atoms with Gasteiger partial charge in [0.15, 0.2) is 0 Å². The van der Waals surface area contributed by atoms with E-state index >= 15 is 0 Å². The Morgan fingerprint density at radius 3 is 1.97 bits per heavy atom. The Kier molecular flexibility index (Phi) is 6.94. The SMILES string of the molecule is Cc1ccc(S(=O)(=O)N(CC(O)Cn2c3ccc(Cl)cc3c3cc(Cl)ccc32)c2ccccc2C)cc1. The van der Waals surface area contributed by atoms with Crippen molar-refractivity contribution in [1.29, 1.82) is 0 Å². The molecule has 0 saturated heterocycles. The topological polar surface area (TPSA) is 62.5 Å². The predicted molar refractivity (Wildman–Crippen MR) is 152 cm³/mol. The van der Waals surface area contributed by atoms with Crippen LogP contribution in [0, 0.1) is 13.8 Å². The van der Waals surface area contributed by atoms with Crippen LogP contribution in [0.4, 0.5) is 5.69 Å². The summed E-state index contributed by atoms with van der Waals surface area (Å²) in [7, 11) is -3.93. The molecule has 1 atom stereocenters. The average Bonchev–Trinajstić information content (AvgIpc) is 3.15. The van der Waals surface area contributed by atoms with Crippen LogP contribution >= 0.6 is 23.2 Å². The largest absolute Gasteiger partial charge is 0.389 e. The Hall–Kier alpha value is -3.03. The third kappa shape index (κ3) is 4.94. The molecule has 0 radical (unpaired) electrons. The van der Waals surface area contributed by atoms with Crippen molar-refractivity contribution in [3.05, 3.63) is 106 Å². The van der Waals surface area contributed by atoms with Crippen molar-refractivity contribution in [2.75, 3.05) is 10.8 Å². The van der Waals surface area contributed by atoms with Gasteiger partial charge >= 0.3 is 0 Å². The number of aliphatic hydroxyl groups excluding tert-OH is 1. The molecular weight excluding hydrogens is 527 g/mol. The van der Waals surface area contributed by atoms with Crippen molar-refractivity contribution in [3.8, 4) is 0 Å². The van der Waals surface area contributed by atoms with E-state index in [1.807, 2.05) is 54.8 Å². The molecule has 0 spiro atoms. The molecule has 1 aromatic heterocycles. The van der Waals surface area contributed by atoms with Gasteiger partial charge in [0.1, 0.15) is 0 Å². The standard InChI is InChI=1S/C29H26Cl2N2O3S/c1-19-7-11-24(12-8-19)37(35,36)33(27-6-4-3-5-20(27)2)18-23(34)17-32-28-13-9-21(30)15-25(28)26-16-22(31)10-14-29(26)32/h3-16,23,34H,17-18H2,1-2H3. The van der Waals surface area contributed by atoms with E-state index in [1.54, 1.807) is 48.5 Å². The van der Waals surface area contributed by atoms with E-state index in [-0.39, 0.29) is 18.0 Å². The third-order valence-corrected chi connectivity index (χ3v) is 8.82. The molecule has 1 heterocycles. The van der Waals surface area contributed by atoms with Crippen molar-refractivity contribution < 1.29 is 13.5 Å². The monoisotopic (exact) mass is 552 g/mol. The van der Waals surface area contributed by atoms with E-state index in [9.17, 15) is 13.5 Å².